The SMILES string of the molecule is COC(c1nc(Cl)c(I)c(C2CCCC2)n1)C(C)C. The van der Waals surface area contributed by atoms with Gasteiger partial charge in [-0.25, -0.2) is 9.97 Å². The van der Waals surface area contributed by atoms with Gasteiger partial charge in [-0.2, -0.15) is 0 Å². The first kappa shape index (κ1) is 15.4. The van der Waals surface area contributed by atoms with E-state index in [2.05, 4.69) is 41.4 Å². The molecule has 1 heterocycles. The predicted octanol–water partition coefficient (Wildman–Crippen LogP) is 4.74. The third-order valence-electron chi connectivity index (χ3n) is 3.71. The van der Waals surface area contributed by atoms with E-state index in [1.54, 1.807) is 7.11 Å². The van der Waals surface area contributed by atoms with Crippen LogP contribution in [0.1, 0.15) is 63.1 Å². The van der Waals surface area contributed by atoms with Crippen molar-refractivity contribution in [1.82, 2.24) is 9.97 Å². The Morgan fingerprint density at radius 1 is 1.26 bits per heavy atom. The van der Waals surface area contributed by atoms with Gasteiger partial charge in [-0.05, 0) is 41.4 Å². The molecule has 0 spiro atoms. The molecule has 1 atom stereocenters. The summed E-state index contributed by atoms with van der Waals surface area (Å²) >= 11 is 8.56. The van der Waals surface area contributed by atoms with Crippen molar-refractivity contribution in [3.05, 3.63) is 20.2 Å². The van der Waals surface area contributed by atoms with Gasteiger partial charge in [0.1, 0.15) is 11.3 Å². The van der Waals surface area contributed by atoms with Crippen molar-refractivity contribution < 1.29 is 4.74 Å². The van der Waals surface area contributed by atoms with Gasteiger partial charge in [0.25, 0.3) is 0 Å². The van der Waals surface area contributed by atoms with Crippen LogP contribution < -0.4 is 0 Å². The number of methoxy groups -OCH3 is 1. The molecule has 3 nitrogen and oxygen atoms in total. The Balaban J connectivity index is 2.40. The number of rotatable bonds is 4. The minimum absolute atomic E-state index is 0.0883. The normalized spacial score (nSPS) is 18.2. The molecule has 0 amide bonds. The standard InChI is InChI=1S/C14H20ClIN2O/c1-8(2)12(19-3)14-17-11(9-6-4-5-7-9)10(16)13(15)18-14/h8-9,12H,4-7H2,1-3H3. The molecule has 1 aliphatic rings. The molecule has 1 aromatic heterocycles. The van der Waals surface area contributed by atoms with E-state index in [9.17, 15) is 0 Å². The van der Waals surface area contributed by atoms with Gasteiger partial charge in [0.05, 0.1) is 9.26 Å². The second kappa shape index (κ2) is 6.68. The molecule has 1 aromatic rings. The fourth-order valence-electron chi connectivity index (χ4n) is 2.73. The number of aromatic nitrogens is 2. The Hall–Kier alpha value is 0.0600. The van der Waals surface area contributed by atoms with Crippen LogP contribution in [-0.4, -0.2) is 17.1 Å². The molecule has 0 radical (unpaired) electrons. The number of halogens is 2. The van der Waals surface area contributed by atoms with E-state index in [-0.39, 0.29) is 6.10 Å². The molecule has 1 aliphatic carbocycles. The second-order valence-electron chi connectivity index (χ2n) is 5.45. The van der Waals surface area contributed by atoms with Crippen molar-refractivity contribution in [2.75, 3.05) is 7.11 Å². The van der Waals surface area contributed by atoms with Gasteiger partial charge in [-0.1, -0.05) is 38.3 Å². The van der Waals surface area contributed by atoms with Gasteiger partial charge in [-0.15, -0.1) is 0 Å². The van der Waals surface area contributed by atoms with E-state index in [1.165, 1.54) is 25.7 Å². The van der Waals surface area contributed by atoms with E-state index in [1.807, 2.05) is 0 Å². The summed E-state index contributed by atoms with van der Waals surface area (Å²) in [7, 11) is 1.70. The third kappa shape index (κ3) is 3.39. The Kier molecular flexibility index (Phi) is 5.43. The summed E-state index contributed by atoms with van der Waals surface area (Å²) in [4.78, 5) is 9.20. The highest BCUT2D eigenvalue weighted by Crippen LogP contribution is 2.37. The van der Waals surface area contributed by atoms with Crippen LogP contribution >= 0.6 is 34.2 Å². The fourth-order valence-corrected chi connectivity index (χ4v) is 3.59. The Labute approximate surface area is 133 Å². The molecule has 0 aliphatic heterocycles. The first-order chi connectivity index (χ1) is 9.04. The lowest BCUT2D eigenvalue weighted by molar-refractivity contribution is 0.0572. The highest BCUT2D eigenvalue weighted by atomic mass is 127. The van der Waals surface area contributed by atoms with E-state index >= 15 is 0 Å². The van der Waals surface area contributed by atoms with Crippen LogP contribution in [0.3, 0.4) is 0 Å². The summed E-state index contributed by atoms with van der Waals surface area (Å²) in [5.74, 6) is 1.60. The molecule has 1 saturated carbocycles. The predicted molar refractivity (Wildman–Crippen MR) is 85.6 cm³/mol. The summed E-state index contributed by atoms with van der Waals surface area (Å²) in [5.41, 5.74) is 1.12. The highest BCUT2D eigenvalue weighted by molar-refractivity contribution is 14.1. The van der Waals surface area contributed by atoms with Gasteiger partial charge in [-0.3, -0.25) is 0 Å². The molecule has 1 unspecified atom stereocenters. The molecule has 0 saturated heterocycles. The minimum atomic E-state index is -0.0883. The molecule has 106 valence electrons. The molecule has 0 aromatic carbocycles. The van der Waals surface area contributed by atoms with E-state index in [4.69, 9.17) is 21.3 Å². The maximum atomic E-state index is 6.29. The molecule has 0 bridgehead atoms. The smallest absolute Gasteiger partial charge is 0.159 e. The van der Waals surface area contributed by atoms with Crippen LogP contribution in [0.4, 0.5) is 0 Å². The first-order valence-corrected chi connectivity index (χ1v) is 8.25. The largest absolute Gasteiger partial charge is 0.373 e. The Morgan fingerprint density at radius 2 is 1.89 bits per heavy atom. The highest BCUT2D eigenvalue weighted by Gasteiger charge is 2.26. The number of hydrogen-bond donors (Lipinski definition) is 0. The van der Waals surface area contributed by atoms with Gasteiger partial charge < -0.3 is 4.74 Å². The van der Waals surface area contributed by atoms with Crippen molar-refractivity contribution in [3.63, 3.8) is 0 Å². The van der Waals surface area contributed by atoms with Crippen molar-refractivity contribution in [1.29, 1.82) is 0 Å². The molecule has 19 heavy (non-hydrogen) atoms. The zero-order valence-corrected chi connectivity index (χ0v) is 14.5. The zero-order chi connectivity index (χ0) is 14.0. The molecule has 0 N–H and O–H groups in total. The Morgan fingerprint density at radius 3 is 2.42 bits per heavy atom. The van der Waals surface area contributed by atoms with Crippen molar-refractivity contribution in [2.45, 2.75) is 51.6 Å². The van der Waals surface area contributed by atoms with Crippen molar-refractivity contribution in [3.8, 4) is 0 Å². The van der Waals surface area contributed by atoms with E-state index in [0.717, 1.165) is 15.1 Å². The maximum Gasteiger partial charge on any atom is 0.159 e. The number of ether oxygens (including phenoxy) is 1. The van der Waals surface area contributed by atoms with Crippen LogP contribution in [0.15, 0.2) is 0 Å². The average molecular weight is 395 g/mol. The second-order valence-corrected chi connectivity index (χ2v) is 6.89. The monoisotopic (exact) mass is 394 g/mol. The van der Waals surface area contributed by atoms with Crippen LogP contribution in [0.2, 0.25) is 5.15 Å². The maximum absolute atomic E-state index is 6.29. The lowest BCUT2D eigenvalue weighted by Crippen LogP contribution is -2.16. The molecule has 2 rings (SSSR count). The zero-order valence-electron chi connectivity index (χ0n) is 11.6. The van der Waals surface area contributed by atoms with Gasteiger partial charge in [0.2, 0.25) is 0 Å². The minimum Gasteiger partial charge on any atom is -0.373 e. The number of hydrogen-bond acceptors (Lipinski definition) is 3. The van der Waals surface area contributed by atoms with Crippen LogP contribution in [0.5, 0.6) is 0 Å². The van der Waals surface area contributed by atoms with Crippen molar-refractivity contribution >= 4 is 34.2 Å². The topological polar surface area (TPSA) is 35.0 Å². The third-order valence-corrected chi connectivity index (χ3v) is 5.37. The lowest BCUT2D eigenvalue weighted by atomic mass is 10.0. The molecule has 5 heteroatoms. The van der Waals surface area contributed by atoms with E-state index in [0.29, 0.717) is 17.0 Å². The average Bonchev–Trinajstić information content (AvgIpc) is 2.87. The van der Waals surface area contributed by atoms with Gasteiger partial charge in [0, 0.05) is 13.0 Å². The molecule has 1 fully saturated rings. The van der Waals surface area contributed by atoms with Crippen molar-refractivity contribution in [2.24, 2.45) is 5.92 Å². The van der Waals surface area contributed by atoms with Crippen LogP contribution in [0, 0.1) is 9.49 Å². The molecular weight excluding hydrogens is 375 g/mol. The first-order valence-electron chi connectivity index (χ1n) is 6.80. The summed E-state index contributed by atoms with van der Waals surface area (Å²) in [6, 6.07) is 0. The van der Waals surface area contributed by atoms with Gasteiger partial charge >= 0.3 is 0 Å². The quantitative estimate of drug-likeness (QED) is 0.547. The lowest BCUT2D eigenvalue weighted by Gasteiger charge is -2.20. The van der Waals surface area contributed by atoms with Crippen LogP contribution in [-0.2, 0) is 4.74 Å². The fraction of sp³-hybridized carbons (Fsp3) is 0.714. The number of nitrogens with zero attached hydrogens (tertiary/aromatic N) is 2. The van der Waals surface area contributed by atoms with Gasteiger partial charge in [0.15, 0.2) is 5.82 Å². The van der Waals surface area contributed by atoms with Crippen LogP contribution in [0.25, 0.3) is 0 Å². The summed E-state index contributed by atoms with van der Waals surface area (Å²) < 4.78 is 6.53. The summed E-state index contributed by atoms with van der Waals surface area (Å²) in [6.07, 6.45) is 4.91. The summed E-state index contributed by atoms with van der Waals surface area (Å²) in [5, 5.41) is 0.565. The Bertz CT molecular complexity index is 447. The van der Waals surface area contributed by atoms with E-state index < -0.39 is 0 Å². The molecular formula is C14H20ClIN2O. The summed E-state index contributed by atoms with van der Waals surface area (Å²) in [6.45, 7) is 4.22.